The molecule has 0 unspecified atom stereocenters. The highest BCUT2D eigenvalue weighted by Crippen LogP contribution is 2.25. The van der Waals surface area contributed by atoms with Gasteiger partial charge >= 0.3 is 5.97 Å². The molecule has 1 amide bonds. The SMILES string of the molecule is COC(=O)CSc1nnc(NC(=O)CN(c2ccc(C)cc2)S(C)(=O)=O)s1. The van der Waals surface area contributed by atoms with E-state index in [4.69, 9.17) is 0 Å². The van der Waals surface area contributed by atoms with Gasteiger partial charge in [-0.1, -0.05) is 40.8 Å². The number of nitrogens with one attached hydrogen (secondary N) is 1. The molecule has 0 radical (unpaired) electrons. The van der Waals surface area contributed by atoms with Crippen LogP contribution in [0.15, 0.2) is 28.6 Å². The third-order valence-electron chi connectivity index (χ3n) is 3.20. The van der Waals surface area contributed by atoms with Crippen LogP contribution in [-0.2, 0) is 24.3 Å². The van der Waals surface area contributed by atoms with Gasteiger partial charge in [0.1, 0.15) is 6.54 Å². The number of methoxy groups -OCH3 is 1. The van der Waals surface area contributed by atoms with E-state index in [0.717, 1.165) is 39.2 Å². The van der Waals surface area contributed by atoms with Crippen LogP contribution in [0.2, 0.25) is 0 Å². The Balaban J connectivity index is 2.03. The maximum atomic E-state index is 12.3. The van der Waals surface area contributed by atoms with Gasteiger partial charge in [-0.15, -0.1) is 10.2 Å². The highest BCUT2D eigenvalue weighted by atomic mass is 32.2. The number of aryl methyl sites for hydroxylation is 1. The van der Waals surface area contributed by atoms with E-state index in [0.29, 0.717) is 10.0 Å². The van der Waals surface area contributed by atoms with Gasteiger partial charge in [0.25, 0.3) is 0 Å². The fourth-order valence-electron chi connectivity index (χ4n) is 1.90. The first kappa shape index (κ1) is 21.1. The van der Waals surface area contributed by atoms with Gasteiger partial charge in [0.05, 0.1) is 24.8 Å². The second-order valence-corrected chi connectivity index (χ2v) is 9.50. The molecule has 1 aromatic carbocycles. The number of ether oxygens (including phenoxy) is 1. The monoisotopic (exact) mass is 430 g/mol. The number of carbonyl (C=O) groups is 2. The average molecular weight is 431 g/mol. The molecule has 0 saturated carbocycles. The van der Waals surface area contributed by atoms with E-state index >= 15 is 0 Å². The summed E-state index contributed by atoms with van der Waals surface area (Å²) in [6, 6.07) is 6.80. The largest absolute Gasteiger partial charge is 0.468 e. The van der Waals surface area contributed by atoms with Crippen LogP contribution in [0.25, 0.3) is 0 Å². The molecule has 9 nitrogen and oxygen atoms in total. The van der Waals surface area contributed by atoms with Crippen molar-refractivity contribution in [3.05, 3.63) is 29.8 Å². The fourth-order valence-corrected chi connectivity index (χ4v) is 4.36. The molecule has 27 heavy (non-hydrogen) atoms. The predicted octanol–water partition coefficient (Wildman–Crippen LogP) is 1.52. The van der Waals surface area contributed by atoms with Crippen LogP contribution in [0.1, 0.15) is 5.56 Å². The summed E-state index contributed by atoms with van der Waals surface area (Å²) in [5.41, 5.74) is 1.37. The molecule has 146 valence electrons. The lowest BCUT2D eigenvalue weighted by atomic mass is 10.2. The van der Waals surface area contributed by atoms with Crippen molar-refractivity contribution in [3.8, 4) is 0 Å². The number of nitrogens with zero attached hydrogens (tertiary/aromatic N) is 3. The summed E-state index contributed by atoms with van der Waals surface area (Å²) in [5.74, 6) is -0.877. The molecule has 0 atom stereocenters. The minimum atomic E-state index is -3.65. The zero-order valence-electron chi connectivity index (χ0n) is 14.8. The van der Waals surface area contributed by atoms with Crippen molar-refractivity contribution in [1.29, 1.82) is 0 Å². The molecule has 1 heterocycles. The number of hydrogen-bond donors (Lipinski definition) is 1. The van der Waals surface area contributed by atoms with Crippen molar-refractivity contribution < 1.29 is 22.7 Å². The van der Waals surface area contributed by atoms with Gasteiger partial charge in [0.2, 0.25) is 21.1 Å². The zero-order valence-corrected chi connectivity index (χ0v) is 17.3. The highest BCUT2D eigenvalue weighted by molar-refractivity contribution is 8.01. The van der Waals surface area contributed by atoms with E-state index in [1.807, 2.05) is 6.92 Å². The second-order valence-electron chi connectivity index (χ2n) is 5.39. The normalized spacial score (nSPS) is 11.1. The lowest BCUT2D eigenvalue weighted by Crippen LogP contribution is -2.37. The molecule has 0 fully saturated rings. The third kappa shape index (κ3) is 6.48. The van der Waals surface area contributed by atoms with Crippen LogP contribution in [0.3, 0.4) is 0 Å². The number of sulfonamides is 1. The van der Waals surface area contributed by atoms with Gasteiger partial charge in [-0.25, -0.2) is 8.42 Å². The maximum absolute atomic E-state index is 12.3. The van der Waals surface area contributed by atoms with Gasteiger partial charge in [0, 0.05) is 0 Å². The number of carbonyl (C=O) groups excluding carboxylic acids is 2. The maximum Gasteiger partial charge on any atom is 0.316 e. The van der Waals surface area contributed by atoms with E-state index in [2.05, 4.69) is 20.3 Å². The number of rotatable bonds is 8. The summed E-state index contributed by atoms with van der Waals surface area (Å²) in [7, 11) is -2.36. The summed E-state index contributed by atoms with van der Waals surface area (Å²) in [6.45, 7) is 1.48. The van der Waals surface area contributed by atoms with E-state index in [-0.39, 0.29) is 10.9 Å². The highest BCUT2D eigenvalue weighted by Gasteiger charge is 2.21. The average Bonchev–Trinajstić information content (AvgIpc) is 3.05. The zero-order chi connectivity index (χ0) is 20.0. The first-order valence-electron chi connectivity index (χ1n) is 7.56. The van der Waals surface area contributed by atoms with E-state index < -0.39 is 28.4 Å². The quantitative estimate of drug-likeness (QED) is 0.380. The van der Waals surface area contributed by atoms with E-state index in [1.165, 1.54) is 7.11 Å². The molecule has 0 saturated heterocycles. The Labute approximate surface area is 165 Å². The Morgan fingerprint density at radius 1 is 1.26 bits per heavy atom. The molecule has 2 aromatic rings. The topological polar surface area (TPSA) is 119 Å². The summed E-state index contributed by atoms with van der Waals surface area (Å²) in [5, 5.41) is 10.4. The molecule has 0 aliphatic rings. The molecule has 0 spiro atoms. The molecule has 1 N–H and O–H groups in total. The molecule has 1 aromatic heterocycles. The van der Waals surface area contributed by atoms with Gasteiger partial charge in [0.15, 0.2) is 4.34 Å². The molecular weight excluding hydrogens is 412 g/mol. The van der Waals surface area contributed by atoms with Crippen LogP contribution in [0, 0.1) is 6.92 Å². The van der Waals surface area contributed by atoms with Gasteiger partial charge in [-0.2, -0.15) is 0 Å². The van der Waals surface area contributed by atoms with Crippen molar-refractivity contribution in [2.24, 2.45) is 0 Å². The standard InChI is InChI=1S/C15H18N4O5S3/c1-10-4-6-11(7-5-10)19(27(3,22)23)8-12(20)16-14-17-18-15(26-14)25-9-13(21)24-2/h4-7H,8-9H2,1-3H3,(H,16,17,20). The Kier molecular flexibility index (Phi) is 7.16. The Hall–Kier alpha value is -2.18. The van der Waals surface area contributed by atoms with Gasteiger partial charge in [-0.3, -0.25) is 19.2 Å². The minimum Gasteiger partial charge on any atom is -0.468 e. The predicted molar refractivity (Wildman–Crippen MR) is 105 cm³/mol. The van der Waals surface area contributed by atoms with Crippen LogP contribution >= 0.6 is 23.1 Å². The summed E-state index contributed by atoms with van der Waals surface area (Å²) >= 11 is 2.21. The molecule has 0 aliphatic carbocycles. The lowest BCUT2D eigenvalue weighted by molar-refractivity contribution is -0.137. The summed E-state index contributed by atoms with van der Waals surface area (Å²) in [4.78, 5) is 23.4. The molecule has 2 rings (SSSR count). The minimum absolute atomic E-state index is 0.0777. The van der Waals surface area contributed by atoms with Crippen molar-refractivity contribution >= 4 is 55.8 Å². The lowest BCUT2D eigenvalue weighted by Gasteiger charge is -2.21. The molecular formula is C15H18N4O5S3. The Morgan fingerprint density at radius 3 is 2.52 bits per heavy atom. The van der Waals surface area contributed by atoms with Crippen molar-refractivity contribution in [1.82, 2.24) is 10.2 Å². The van der Waals surface area contributed by atoms with Gasteiger partial charge in [-0.05, 0) is 19.1 Å². The van der Waals surface area contributed by atoms with Gasteiger partial charge < -0.3 is 4.74 Å². The van der Waals surface area contributed by atoms with Crippen LogP contribution in [0.4, 0.5) is 10.8 Å². The number of esters is 1. The molecule has 0 bridgehead atoms. The second kappa shape index (κ2) is 9.15. The smallest absolute Gasteiger partial charge is 0.316 e. The molecule has 0 aliphatic heterocycles. The first-order valence-corrected chi connectivity index (χ1v) is 11.2. The van der Waals surface area contributed by atoms with Crippen molar-refractivity contribution in [3.63, 3.8) is 0 Å². The number of anilines is 2. The summed E-state index contributed by atoms with van der Waals surface area (Å²) in [6.07, 6.45) is 1.03. The van der Waals surface area contributed by atoms with Crippen LogP contribution in [-0.4, -0.2) is 56.2 Å². The number of benzene rings is 1. The summed E-state index contributed by atoms with van der Waals surface area (Å²) < 4.78 is 30.1. The van der Waals surface area contributed by atoms with Crippen molar-refractivity contribution in [2.45, 2.75) is 11.3 Å². The Morgan fingerprint density at radius 2 is 1.93 bits per heavy atom. The van der Waals surface area contributed by atoms with Crippen LogP contribution in [0.5, 0.6) is 0 Å². The van der Waals surface area contributed by atoms with E-state index in [9.17, 15) is 18.0 Å². The number of thioether (sulfide) groups is 1. The van der Waals surface area contributed by atoms with Crippen LogP contribution < -0.4 is 9.62 Å². The third-order valence-corrected chi connectivity index (χ3v) is 6.29. The fraction of sp³-hybridized carbons (Fsp3) is 0.333. The number of hydrogen-bond acceptors (Lipinski definition) is 9. The van der Waals surface area contributed by atoms with Crippen molar-refractivity contribution in [2.75, 3.05) is 35.3 Å². The number of amides is 1. The number of aromatic nitrogens is 2. The Bertz CT molecular complexity index is 912. The van der Waals surface area contributed by atoms with E-state index in [1.54, 1.807) is 24.3 Å². The first-order chi connectivity index (χ1) is 12.7. The molecule has 12 heteroatoms.